The van der Waals surface area contributed by atoms with Gasteiger partial charge in [0.2, 0.25) is 5.91 Å². The van der Waals surface area contributed by atoms with Gasteiger partial charge < -0.3 is 10.6 Å². The molecule has 1 aliphatic rings. The molecule has 1 fully saturated rings. The summed E-state index contributed by atoms with van der Waals surface area (Å²) >= 11 is 0. The molecule has 1 aromatic heterocycles. The molecule has 0 bridgehead atoms. The van der Waals surface area contributed by atoms with Crippen LogP contribution < -0.4 is 10.6 Å². The largest absolute Gasteiger partial charge is 0.322 e. The Morgan fingerprint density at radius 3 is 2.88 bits per heavy atom. The molecular formula is C11H16N4O. The maximum Gasteiger partial charge on any atom is 0.244 e. The summed E-state index contributed by atoms with van der Waals surface area (Å²) in [5.41, 5.74) is 0.240. The van der Waals surface area contributed by atoms with Crippen molar-refractivity contribution in [2.75, 3.05) is 11.9 Å². The number of rotatable bonds is 3. The highest BCUT2D eigenvalue weighted by Crippen LogP contribution is 2.24. The minimum atomic E-state index is -0.407. The Bertz CT molecular complexity index is 360. The van der Waals surface area contributed by atoms with E-state index in [1.807, 2.05) is 6.92 Å². The summed E-state index contributed by atoms with van der Waals surface area (Å²) in [5, 5.41) is 6.14. The quantitative estimate of drug-likeness (QED) is 0.795. The van der Waals surface area contributed by atoms with Gasteiger partial charge in [0, 0.05) is 0 Å². The lowest BCUT2D eigenvalue weighted by atomic mass is 9.93. The van der Waals surface area contributed by atoms with Crippen LogP contribution in [0.5, 0.6) is 0 Å². The first kappa shape index (κ1) is 11.0. The third kappa shape index (κ3) is 2.04. The van der Waals surface area contributed by atoms with E-state index in [1.165, 1.54) is 6.33 Å². The topological polar surface area (TPSA) is 66.9 Å². The lowest BCUT2D eigenvalue weighted by Gasteiger charge is -2.26. The average molecular weight is 220 g/mol. The first-order chi connectivity index (χ1) is 7.77. The van der Waals surface area contributed by atoms with Crippen LogP contribution in [0.4, 0.5) is 5.69 Å². The van der Waals surface area contributed by atoms with Gasteiger partial charge in [-0.3, -0.25) is 4.79 Å². The minimum absolute atomic E-state index is 0.0160. The van der Waals surface area contributed by atoms with Gasteiger partial charge in [-0.05, 0) is 25.8 Å². The number of nitrogens with one attached hydrogen (secondary N) is 2. The molecule has 1 saturated heterocycles. The lowest BCUT2D eigenvalue weighted by Crippen LogP contribution is -2.50. The zero-order chi connectivity index (χ0) is 11.4. The van der Waals surface area contributed by atoms with Crippen LogP contribution in [-0.4, -0.2) is 28.0 Å². The maximum atomic E-state index is 12.1. The van der Waals surface area contributed by atoms with Crippen molar-refractivity contribution in [3.63, 3.8) is 0 Å². The molecule has 0 saturated carbocycles. The van der Waals surface area contributed by atoms with E-state index in [4.69, 9.17) is 0 Å². The molecule has 86 valence electrons. The molecular weight excluding hydrogens is 204 g/mol. The Morgan fingerprint density at radius 1 is 1.56 bits per heavy atom. The molecule has 1 aromatic rings. The highest BCUT2D eigenvalue weighted by atomic mass is 16.2. The van der Waals surface area contributed by atoms with Gasteiger partial charge in [-0.1, -0.05) is 6.92 Å². The molecule has 2 heterocycles. The number of carbonyl (C=O) groups excluding carboxylic acids is 1. The van der Waals surface area contributed by atoms with E-state index >= 15 is 0 Å². The number of hydrogen-bond donors (Lipinski definition) is 2. The van der Waals surface area contributed by atoms with Crippen molar-refractivity contribution in [1.29, 1.82) is 0 Å². The molecule has 1 aliphatic heterocycles. The van der Waals surface area contributed by atoms with Crippen LogP contribution in [0.2, 0.25) is 0 Å². The van der Waals surface area contributed by atoms with Gasteiger partial charge in [0.05, 0.1) is 23.6 Å². The normalized spacial score (nSPS) is 24.3. The predicted molar refractivity (Wildman–Crippen MR) is 60.9 cm³/mol. The SMILES string of the molecule is CCC1(C(=O)Nc2cncnc2)CCCN1. The number of carbonyl (C=O) groups is 1. The number of nitrogens with zero attached hydrogens (tertiary/aromatic N) is 2. The summed E-state index contributed by atoms with van der Waals surface area (Å²) in [6.07, 6.45) is 7.38. The Labute approximate surface area is 94.7 Å². The average Bonchev–Trinajstić information content (AvgIpc) is 2.80. The summed E-state index contributed by atoms with van der Waals surface area (Å²) in [6.45, 7) is 2.94. The fourth-order valence-corrected chi connectivity index (χ4v) is 2.08. The second kappa shape index (κ2) is 4.57. The second-order valence-corrected chi connectivity index (χ2v) is 4.05. The smallest absolute Gasteiger partial charge is 0.244 e. The van der Waals surface area contributed by atoms with Gasteiger partial charge >= 0.3 is 0 Å². The maximum absolute atomic E-state index is 12.1. The molecule has 0 spiro atoms. The van der Waals surface area contributed by atoms with E-state index in [2.05, 4.69) is 20.6 Å². The van der Waals surface area contributed by atoms with Crippen molar-refractivity contribution in [2.24, 2.45) is 0 Å². The standard InChI is InChI=1S/C11H16N4O/c1-2-11(4-3-5-14-11)10(16)15-9-6-12-8-13-7-9/h6-8,14H,2-5H2,1H3,(H,15,16). The third-order valence-electron chi connectivity index (χ3n) is 3.10. The van der Waals surface area contributed by atoms with Gasteiger partial charge in [0.1, 0.15) is 6.33 Å². The van der Waals surface area contributed by atoms with Crippen LogP contribution in [0.3, 0.4) is 0 Å². The third-order valence-corrected chi connectivity index (χ3v) is 3.10. The molecule has 2 rings (SSSR count). The van der Waals surface area contributed by atoms with E-state index in [9.17, 15) is 4.79 Å². The van der Waals surface area contributed by atoms with E-state index in [1.54, 1.807) is 12.4 Å². The monoisotopic (exact) mass is 220 g/mol. The zero-order valence-corrected chi connectivity index (χ0v) is 9.36. The van der Waals surface area contributed by atoms with Crippen molar-refractivity contribution in [3.8, 4) is 0 Å². The molecule has 5 heteroatoms. The van der Waals surface area contributed by atoms with Crippen molar-refractivity contribution in [3.05, 3.63) is 18.7 Å². The molecule has 0 aromatic carbocycles. The van der Waals surface area contributed by atoms with Gasteiger partial charge in [0.25, 0.3) is 0 Å². The van der Waals surface area contributed by atoms with E-state index in [0.717, 1.165) is 25.8 Å². The van der Waals surface area contributed by atoms with E-state index < -0.39 is 5.54 Å². The first-order valence-electron chi connectivity index (χ1n) is 5.58. The minimum Gasteiger partial charge on any atom is -0.322 e. The summed E-state index contributed by atoms with van der Waals surface area (Å²) < 4.78 is 0. The fraction of sp³-hybridized carbons (Fsp3) is 0.545. The molecule has 1 unspecified atom stereocenters. The van der Waals surface area contributed by atoms with Crippen molar-refractivity contribution in [2.45, 2.75) is 31.7 Å². The summed E-state index contributed by atoms with van der Waals surface area (Å²) in [6, 6.07) is 0. The Balaban J connectivity index is 2.07. The molecule has 1 atom stereocenters. The zero-order valence-electron chi connectivity index (χ0n) is 9.36. The molecule has 5 nitrogen and oxygen atoms in total. The number of amides is 1. The molecule has 0 aliphatic carbocycles. The summed E-state index contributed by atoms with van der Waals surface area (Å²) in [7, 11) is 0. The van der Waals surface area contributed by atoms with Gasteiger partial charge in [-0.2, -0.15) is 0 Å². The van der Waals surface area contributed by atoms with Crippen LogP contribution >= 0.6 is 0 Å². The molecule has 1 amide bonds. The van der Waals surface area contributed by atoms with Gasteiger partial charge in [-0.25, -0.2) is 9.97 Å². The van der Waals surface area contributed by atoms with Crippen molar-refractivity contribution >= 4 is 11.6 Å². The van der Waals surface area contributed by atoms with Crippen LogP contribution in [0.25, 0.3) is 0 Å². The number of aromatic nitrogens is 2. The van der Waals surface area contributed by atoms with Crippen LogP contribution in [0.1, 0.15) is 26.2 Å². The first-order valence-corrected chi connectivity index (χ1v) is 5.58. The molecule has 16 heavy (non-hydrogen) atoms. The highest BCUT2D eigenvalue weighted by molar-refractivity contribution is 5.98. The predicted octanol–water partition coefficient (Wildman–Crippen LogP) is 0.947. The highest BCUT2D eigenvalue weighted by Gasteiger charge is 2.39. The van der Waals surface area contributed by atoms with Gasteiger partial charge in [-0.15, -0.1) is 0 Å². The lowest BCUT2D eigenvalue weighted by molar-refractivity contribution is -0.122. The van der Waals surface area contributed by atoms with Gasteiger partial charge in [0.15, 0.2) is 0 Å². The summed E-state index contributed by atoms with van der Waals surface area (Å²) in [5.74, 6) is 0.0160. The van der Waals surface area contributed by atoms with Crippen molar-refractivity contribution < 1.29 is 4.79 Å². The second-order valence-electron chi connectivity index (χ2n) is 4.05. The van der Waals surface area contributed by atoms with Crippen LogP contribution in [-0.2, 0) is 4.79 Å². The molecule has 0 radical (unpaired) electrons. The molecule has 2 N–H and O–H groups in total. The number of hydrogen-bond acceptors (Lipinski definition) is 4. The Hall–Kier alpha value is -1.49. The van der Waals surface area contributed by atoms with E-state index in [-0.39, 0.29) is 5.91 Å². The van der Waals surface area contributed by atoms with E-state index in [0.29, 0.717) is 5.69 Å². The van der Waals surface area contributed by atoms with Crippen molar-refractivity contribution in [1.82, 2.24) is 15.3 Å². The number of anilines is 1. The fourth-order valence-electron chi connectivity index (χ4n) is 2.08. The summed E-state index contributed by atoms with van der Waals surface area (Å²) in [4.78, 5) is 19.9. The Kier molecular flexibility index (Phi) is 3.14. The Morgan fingerprint density at radius 2 is 2.31 bits per heavy atom. The van der Waals surface area contributed by atoms with Crippen LogP contribution in [0.15, 0.2) is 18.7 Å². The van der Waals surface area contributed by atoms with Crippen LogP contribution in [0, 0.1) is 0 Å².